The molecule has 2 amide bonds. The highest BCUT2D eigenvalue weighted by atomic mass is 32.1. The highest BCUT2D eigenvalue weighted by molar-refractivity contribution is 7.17. The summed E-state index contributed by atoms with van der Waals surface area (Å²) >= 11 is 1.32. The number of amides is 2. The average Bonchev–Trinajstić information content (AvgIpc) is 3.02. The Morgan fingerprint density at radius 2 is 1.80 bits per heavy atom. The van der Waals surface area contributed by atoms with E-state index in [-0.39, 0.29) is 11.8 Å². The van der Waals surface area contributed by atoms with Crippen LogP contribution in [-0.4, -0.2) is 43.1 Å². The molecule has 1 fully saturated rings. The Hall–Kier alpha value is -2.45. The standard InChI is InChI=1S/C17H20N4O3S/c1-11-5-3-4-6-13(11)15(22)19-20-16(23)14-12(2)18-17(25-14)21-7-9-24-10-8-21/h3-6H,7-10H2,1-2H3,(H,19,22)(H,20,23). The zero-order valence-electron chi connectivity index (χ0n) is 14.2. The lowest BCUT2D eigenvalue weighted by Crippen LogP contribution is -2.41. The normalized spacial score (nSPS) is 14.2. The molecule has 0 aliphatic carbocycles. The molecule has 1 aliphatic rings. The minimum Gasteiger partial charge on any atom is -0.378 e. The maximum absolute atomic E-state index is 12.4. The monoisotopic (exact) mass is 360 g/mol. The number of nitrogens with one attached hydrogen (secondary N) is 2. The summed E-state index contributed by atoms with van der Waals surface area (Å²) in [6.07, 6.45) is 0. The number of nitrogens with zero attached hydrogens (tertiary/aromatic N) is 2. The molecule has 0 bridgehead atoms. The molecule has 2 N–H and O–H groups in total. The van der Waals surface area contributed by atoms with E-state index in [0.717, 1.165) is 23.8 Å². The molecule has 0 radical (unpaired) electrons. The smallest absolute Gasteiger partial charge is 0.281 e. The number of thiazole rings is 1. The van der Waals surface area contributed by atoms with Crippen LogP contribution in [0.2, 0.25) is 0 Å². The molecule has 3 rings (SSSR count). The van der Waals surface area contributed by atoms with Gasteiger partial charge in [0, 0.05) is 18.7 Å². The molecule has 1 aromatic carbocycles. The van der Waals surface area contributed by atoms with E-state index in [1.54, 1.807) is 19.1 Å². The fraction of sp³-hybridized carbons (Fsp3) is 0.353. The summed E-state index contributed by atoms with van der Waals surface area (Å²) in [6.45, 7) is 6.48. The third kappa shape index (κ3) is 3.97. The fourth-order valence-corrected chi connectivity index (χ4v) is 3.56. The molecule has 2 aromatic rings. The first-order valence-electron chi connectivity index (χ1n) is 8.02. The van der Waals surface area contributed by atoms with Gasteiger partial charge in [-0.2, -0.15) is 0 Å². The number of aromatic nitrogens is 1. The first kappa shape index (κ1) is 17.4. The third-order valence-corrected chi connectivity index (χ3v) is 5.17. The summed E-state index contributed by atoms with van der Waals surface area (Å²) in [5, 5.41) is 0.802. The first-order valence-corrected chi connectivity index (χ1v) is 8.84. The molecule has 1 saturated heterocycles. The number of carbonyl (C=O) groups excluding carboxylic acids is 2. The minimum absolute atomic E-state index is 0.345. The van der Waals surface area contributed by atoms with Crippen LogP contribution in [0, 0.1) is 13.8 Å². The van der Waals surface area contributed by atoms with E-state index in [2.05, 4.69) is 20.7 Å². The van der Waals surface area contributed by atoms with Crippen LogP contribution in [0.15, 0.2) is 24.3 Å². The van der Waals surface area contributed by atoms with E-state index >= 15 is 0 Å². The molecule has 0 saturated carbocycles. The molecule has 25 heavy (non-hydrogen) atoms. The van der Waals surface area contributed by atoms with Crippen molar-refractivity contribution in [1.29, 1.82) is 0 Å². The van der Waals surface area contributed by atoms with Crippen LogP contribution < -0.4 is 15.8 Å². The molecule has 1 aliphatic heterocycles. The average molecular weight is 360 g/mol. The topological polar surface area (TPSA) is 83.6 Å². The minimum atomic E-state index is -0.364. The number of hydrogen-bond acceptors (Lipinski definition) is 6. The van der Waals surface area contributed by atoms with Gasteiger partial charge < -0.3 is 9.64 Å². The zero-order chi connectivity index (χ0) is 17.8. The van der Waals surface area contributed by atoms with Crippen LogP contribution in [0.5, 0.6) is 0 Å². The number of carbonyl (C=O) groups is 2. The number of hydrogen-bond donors (Lipinski definition) is 2. The van der Waals surface area contributed by atoms with Gasteiger partial charge in [0.2, 0.25) is 0 Å². The van der Waals surface area contributed by atoms with Crippen molar-refractivity contribution in [3.05, 3.63) is 46.0 Å². The van der Waals surface area contributed by atoms with E-state index in [1.165, 1.54) is 11.3 Å². The van der Waals surface area contributed by atoms with Gasteiger partial charge in [0.15, 0.2) is 5.13 Å². The number of hydrazine groups is 1. The van der Waals surface area contributed by atoms with E-state index in [1.807, 2.05) is 19.1 Å². The van der Waals surface area contributed by atoms with E-state index in [9.17, 15) is 9.59 Å². The Labute approximate surface area is 150 Å². The quantitative estimate of drug-likeness (QED) is 0.814. The maximum atomic E-state index is 12.4. The summed E-state index contributed by atoms with van der Waals surface area (Å²) < 4.78 is 5.33. The SMILES string of the molecule is Cc1ccccc1C(=O)NNC(=O)c1sc(N2CCOCC2)nc1C. The van der Waals surface area contributed by atoms with Crippen LogP contribution in [0.3, 0.4) is 0 Å². The summed E-state index contributed by atoms with van der Waals surface area (Å²) in [5.41, 5.74) is 6.95. The Morgan fingerprint density at radius 1 is 1.12 bits per heavy atom. The van der Waals surface area contributed by atoms with Gasteiger partial charge in [-0.25, -0.2) is 4.98 Å². The summed E-state index contributed by atoms with van der Waals surface area (Å²) in [6, 6.07) is 7.20. The number of benzene rings is 1. The van der Waals surface area contributed by atoms with Crippen molar-refractivity contribution in [1.82, 2.24) is 15.8 Å². The van der Waals surface area contributed by atoms with Crippen molar-refractivity contribution in [3.8, 4) is 0 Å². The van der Waals surface area contributed by atoms with Crippen LogP contribution in [0.4, 0.5) is 5.13 Å². The van der Waals surface area contributed by atoms with Crippen molar-refractivity contribution in [3.63, 3.8) is 0 Å². The first-order chi connectivity index (χ1) is 12.1. The van der Waals surface area contributed by atoms with E-state index in [4.69, 9.17) is 4.74 Å². The molecular formula is C17H20N4O3S. The van der Waals surface area contributed by atoms with Gasteiger partial charge in [-0.15, -0.1) is 0 Å². The molecule has 1 aromatic heterocycles. The lowest BCUT2D eigenvalue weighted by molar-refractivity contribution is 0.0848. The van der Waals surface area contributed by atoms with Crippen LogP contribution in [-0.2, 0) is 4.74 Å². The van der Waals surface area contributed by atoms with Gasteiger partial charge in [0.1, 0.15) is 4.88 Å². The summed E-state index contributed by atoms with van der Waals surface area (Å²) in [5.74, 6) is -0.710. The van der Waals surface area contributed by atoms with Crippen LogP contribution in [0.1, 0.15) is 31.3 Å². The van der Waals surface area contributed by atoms with Crippen LogP contribution in [0.25, 0.3) is 0 Å². The Balaban J connectivity index is 1.64. The van der Waals surface area contributed by atoms with Gasteiger partial charge in [-0.1, -0.05) is 29.5 Å². The van der Waals surface area contributed by atoms with Gasteiger partial charge in [-0.3, -0.25) is 20.4 Å². The summed E-state index contributed by atoms with van der Waals surface area (Å²) in [7, 11) is 0. The second kappa shape index (κ2) is 7.62. The fourth-order valence-electron chi connectivity index (χ4n) is 2.55. The molecule has 7 nitrogen and oxygen atoms in total. The molecular weight excluding hydrogens is 340 g/mol. The van der Waals surface area contributed by atoms with Gasteiger partial charge in [-0.05, 0) is 25.5 Å². The second-order valence-electron chi connectivity index (χ2n) is 5.73. The Morgan fingerprint density at radius 3 is 2.52 bits per heavy atom. The van der Waals surface area contributed by atoms with Crippen LogP contribution >= 0.6 is 11.3 Å². The molecule has 132 valence electrons. The second-order valence-corrected chi connectivity index (χ2v) is 6.71. The number of aryl methyl sites for hydroxylation is 2. The predicted molar refractivity (Wildman–Crippen MR) is 96.0 cm³/mol. The zero-order valence-corrected chi connectivity index (χ0v) is 15.0. The van der Waals surface area contributed by atoms with Gasteiger partial charge in [0.05, 0.1) is 18.9 Å². The number of ether oxygens (including phenoxy) is 1. The number of anilines is 1. The van der Waals surface area contributed by atoms with E-state index in [0.29, 0.717) is 29.3 Å². The molecule has 2 heterocycles. The molecule has 0 unspecified atom stereocenters. The Bertz CT molecular complexity index is 784. The molecule has 0 spiro atoms. The maximum Gasteiger partial charge on any atom is 0.281 e. The third-order valence-electron chi connectivity index (χ3n) is 3.95. The lowest BCUT2D eigenvalue weighted by Gasteiger charge is -2.25. The highest BCUT2D eigenvalue weighted by Gasteiger charge is 2.21. The Kier molecular flexibility index (Phi) is 5.30. The number of rotatable bonds is 3. The van der Waals surface area contributed by atoms with Crippen molar-refractivity contribution >= 4 is 28.3 Å². The van der Waals surface area contributed by atoms with Gasteiger partial charge in [0.25, 0.3) is 11.8 Å². The lowest BCUT2D eigenvalue weighted by atomic mass is 10.1. The highest BCUT2D eigenvalue weighted by Crippen LogP contribution is 2.26. The number of morpholine rings is 1. The van der Waals surface area contributed by atoms with Gasteiger partial charge >= 0.3 is 0 Å². The predicted octanol–water partition coefficient (Wildman–Crippen LogP) is 1.67. The van der Waals surface area contributed by atoms with Crippen molar-refractivity contribution < 1.29 is 14.3 Å². The molecule has 0 atom stereocenters. The van der Waals surface area contributed by atoms with Crippen molar-refractivity contribution in [2.24, 2.45) is 0 Å². The summed E-state index contributed by atoms with van der Waals surface area (Å²) in [4.78, 5) is 31.6. The molecule has 8 heteroatoms. The van der Waals surface area contributed by atoms with Crippen molar-refractivity contribution in [2.75, 3.05) is 31.2 Å². The largest absolute Gasteiger partial charge is 0.378 e. The van der Waals surface area contributed by atoms with Crippen molar-refractivity contribution in [2.45, 2.75) is 13.8 Å². The van der Waals surface area contributed by atoms with E-state index < -0.39 is 0 Å².